The third kappa shape index (κ3) is 3.43. The lowest BCUT2D eigenvalue weighted by molar-refractivity contribution is 0.0622. The number of hydrogen-bond donors (Lipinski definition) is 2. The lowest BCUT2D eigenvalue weighted by Crippen LogP contribution is -2.43. The molecule has 2 aliphatic heterocycles. The van der Waals surface area contributed by atoms with Gasteiger partial charge < -0.3 is 20.5 Å². The molecule has 3 N–H and O–H groups in total. The number of amidine groups is 1. The average molecular weight is 480 g/mol. The second kappa shape index (κ2) is 7.66. The predicted molar refractivity (Wildman–Crippen MR) is 123 cm³/mol. The fourth-order valence-electron chi connectivity index (χ4n) is 4.44. The Morgan fingerprint density at radius 3 is 2.79 bits per heavy atom. The Labute approximate surface area is 199 Å². The topological polar surface area (TPSA) is 112 Å². The molecule has 2 aromatic heterocycles. The number of carbonyl (C=O) groups is 1. The van der Waals surface area contributed by atoms with Gasteiger partial charge in [0.2, 0.25) is 0 Å². The monoisotopic (exact) mass is 479 g/mol. The van der Waals surface area contributed by atoms with E-state index in [-0.39, 0.29) is 23.4 Å². The summed E-state index contributed by atoms with van der Waals surface area (Å²) in [5, 5.41) is 3.27. The van der Waals surface area contributed by atoms with Crippen LogP contribution in [-0.4, -0.2) is 28.4 Å². The number of nitrogens with zero attached hydrogens (tertiary/aromatic N) is 3. The van der Waals surface area contributed by atoms with Gasteiger partial charge in [-0.25, -0.2) is 15.0 Å². The van der Waals surface area contributed by atoms with E-state index in [1.807, 2.05) is 6.07 Å². The van der Waals surface area contributed by atoms with Crippen LogP contribution in [0.1, 0.15) is 52.5 Å². The maximum Gasteiger partial charge on any atom is 0.283 e. The van der Waals surface area contributed by atoms with Gasteiger partial charge in [0, 0.05) is 47.6 Å². The highest BCUT2D eigenvalue weighted by Crippen LogP contribution is 2.54. The van der Waals surface area contributed by atoms with Crippen molar-refractivity contribution in [2.45, 2.75) is 30.8 Å². The number of amides is 1. The van der Waals surface area contributed by atoms with Crippen molar-refractivity contribution in [1.82, 2.24) is 9.97 Å². The highest BCUT2D eigenvalue weighted by Gasteiger charge is 2.48. The number of benzene rings is 1. The molecule has 4 heterocycles. The fourth-order valence-corrected chi connectivity index (χ4v) is 4.56. The van der Waals surface area contributed by atoms with Crippen LogP contribution < -0.4 is 15.8 Å². The molecule has 0 bridgehead atoms. The van der Waals surface area contributed by atoms with E-state index in [0.717, 1.165) is 12.8 Å². The molecule has 3 aliphatic rings. The highest BCUT2D eigenvalue weighted by molar-refractivity contribution is 6.30. The minimum atomic E-state index is -1.12. The van der Waals surface area contributed by atoms with Crippen LogP contribution in [0.4, 0.5) is 10.1 Å². The third-order valence-electron chi connectivity index (χ3n) is 6.24. The van der Waals surface area contributed by atoms with E-state index in [1.54, 1.807) is 24.3 Å². The average Bonchev–Trinajstić information content (AvgIpc) is 3.66. The minimum Gasteiger partial charge on any atom is -0.452 e. The minimum absolute atomic E-state index is 0.00930. The van der Waals surface area contributed by atoms with Crippen LogP contribution in [0.3, 0.4) is 0 Å². The van der Waals surface area contributed by atoms with E-state index in [4.69, 9.17) is 26.8 Å². The molecule has 3 aromatic rings. The lowest BCUT2D eigenvalue weighted by atomic mass is 9.80. The number of carbonyl (C=O) groups excluding carboxylic acids is 1. The summed E-state index contributed by atoms with van der Waals surface area (Å²) in [4.78, 5) is 25.1. The van der Waals surface area contributed by atoms with E-state index in [1.165, 1.54) is 12.3 Å². The Bertz CT molecular complexity index is 1360. The maximum absolute atomic E-state index is 15.1. The maximum atomic E-state index is 15.1. The van der Waals surface area contributed by atoms with Crippen LogP contribution in [0.2, 0.25) is 5.02 Å². The van der Waals surface area contributed by atoms with Crippen LogP contribution in [0.15, 0.2) is 47.6 Å². The number of aliphatic imine (C=N–C) groups is 1. The molecule has 0 unspecified atom stereocenters. The Morgan fingerprint density at radius 2 is 2.06 bits per heavy atom. The summed E-state index contributed by atoms with van der Waals surface area (Å²) >= 11 is 5.86. The molecular weight excluding hydrogens is 461 g/mol. The zero-order chi connectivity index (χ0) is 23.4. The fraction of sp³-hybridized carbons (Fsp3) is 0.250. The molecule has 10 heteroatoms. The second-order valence-electron chi connectivity index (χ2n) is 8.52. The quantitative estimate of drug-likeness (QED) is 0.535. The first kappa shape index (κ1) is 20.9. The molecule has 1 saturated carbocycles. The summed E-state index contributed by atoms with van der Waals surface area (Å²) in [6, 6.07) is 10.1. The smallest absolute Gasteiger partial charge is 0.283 e. The lowest BCUT2D eigenvalue weighted by Gasteiger charge is -2.41. The number of rotatable bonds is 3. The summed E-state index contributed by atoms with van der Waals surface area (Å²) in [6.45, 7) is 0.388. The first-order valence-corrected chi connectivity index (χ1v) is 11.3. The van der Waals surface area contributed by atoms with Gasteiger partial charge in [-0.2, -0.15) is 4.39 Å². The zero-order valence-electron chi connectivity index (χ0n) is 17.8. The number of aromatic nitrogens is 2. The molecule has 1 aromatic carbocycles. The van der Waals surface area contributed by atoms with Gasteiger partial charge in [0.15, 0.2) is 11.4 Å². The van der Waals surface area contributed by atoms with Crippen molar-refractivity contribution in [1.29, 1.82) is 0 Å². The first-order valence-electron chi connectivity index (χ1n) is 10.9. The molecule has 1 fully saturated rings. The third-order valence-corrected chi connectivity index (χ3v) is 6.46. The van der Waals surface area contributed by atoms with E-state index in [9.17, 15) is 4.79 Å². The molecule has 8 nitrogen and oxygen atoms in total. The summed E-state index contributed by atoms with van der Waals surface area (Å²) in [6.07, 6.45) is 3.76. The number of fused-ring (bicyclic) bond motifs is 4. The highest BCUT2D eigenvalue weighted by atomic mass is 35.5. The summed E-state index contributed by atoms with van der Waals surface area (Å²) in [5.41, 5.74) is 7.40. The van der Waals surface area contributed by atoms with Crippen molar-refractivity contribution in [3.05, 3.63) is 76.1 Å². The summed E-state index contributed by atoms with van der Waals surface area (Å²) in [7, 11) is 0. The van der Waals surface area contributed by atoms with Crippen molar-refractivity contribution >= 4 is 29.2 Å². The number of nitrogens with two attached hydrogens (primary N) is 1. The van der Waals surface area contributed by atoms with Gasteiger partial charge in [-0.3, -0.25) is 4.79 Å². The summed E-state index contributed by atoms with van der Waals surface area (Å²) in [5.74, 6) is -0.441. The van der Waals surface area contributed by atoms with Gasteiger partial charge in [0.25, 0.3) is 17.9 Å². The largest absolute Gasteiger partial charge is 0.452 e. The Hall–Kier alpha value is -3.72. The second-order valence-corrected chi connectivity index (χ2v) is 8.95. The number of anilines is 1. The molecule has 0 saturated heterocycles. The molecule has 172 valence electrons. The van der Waals surface area contributed by atoms with Gasteiger partial charge in [0.1, 0.15) is 11.4 Å². The molecule has 1 amide bonds. The standard InChI is InChI=1S/C24H19ClFN5O3/c25-13-3-5-17(29-11-13)22(32)30-14-4-6-19-15(9-14)24(7-8-28-23(27)34-24)16-10-18(12-1-2-12)31-21(26)20(16)33-19/h3-6,9-12H,1-2,7-8H2,(H2,27,28)(H,30,32)/t24-/m0/s1. The molecule has 1 aliphatic carbocycles. The molecular formula is C24H19ClFN5O3. The predicted octanol–water partition coefficient (Wildman–Crippen LogP) is 4.48. The van der Waals surface area contributed by atoms with Crippen molar-refractivity contribution in [3.8, 4) is 11.5 Å². The van der Waals surface area contributed by atoms with Crippen molar-refractivity contribution in [3.63, 3.8) is 0 Å². The Morgan fingerprint density at radius 1 is 1.21 bits per heavy atom. The van der Waals surface area contributed by atoms with E-state index in [2.05, 4.69) is 20.3 Å². The normalized spacial score (nSPS) is 20.5. The Kier molecular flexibility index (Phi) is 4.70. The van der Waals surface area contributed by atoms with E-state index < -0.39 is 17.5 Å². The number of ether oxygens (including phenoxy) is 2. The van der Waals surface area contributed by atoms with E-state index >= 15 is 4.39 Å². The number of nitrogens with one attached hydrogen (secondary N) is 1. The van der Waals surface area contributed by atoms with E-state index in [0.29, 0.717) is 46.2 Å². The molecule has 1 atom stereocenters. The molecule has 0 radical (unpaired) electrons. The number of pyridine rings is 2. The number of hydrogen-bond acceptors (Lipinski definition) is 7. The van der Waals surface area contributed by atoms with Crippen LogP contribution in [-0.2, 0) is 10.3 Å². The van der Waals surface area contributed by atoms with Crippen LogP contribution >= 0.6 is 11.6 Å². The zero-order valence-corrected chi connectivity index (χ0v) is 18.6. The molecule has 6 rings (SSSR count). The van der Waals surface area contributed by atoms with Gasteiger partial charge in [0.05, 0.1) is 5.02 Å². The van der Waals surface area contributed by atoms with Crippen LogP contribution in [0, 0.1) is 5.95 Å². The van der Waals surface area contributed by atoms with Crippen molar-refractivity contribution in [2.24, 2.45) is 10.7 Å². The van der Waals surface area contributed by atoms with Gasteiger partial charge in [-0.05, 0) is 49.2 Å². The first-order chi connectivity index (χ1) is 16.4. The van der Waals surface area contributed by atoms with Crippen molar-refractivity contribution < 1.29 is 18.7 Å². The summed E-state index contributed by atoms with van der Waals surface area (Å²) < 4.78 is 27.2. The van der Waals surface area contributed by atoms with Gasteiger partial charge in [-0.15, -0.1) is 0 Å². The number of halogens is 2. The van der Waals surface area contributed by atoms with Crippen LogP contribution in [0.25, 0.3) is 0 Å². The molecule has 1 spiro atoms. The SMILES string of the molecule is NC1=NCC[C@]2(O1)c1cc(NC(=O)c3ccc(Cl)cn3)ccc1Oc1c2cc(C2CC2)nc1F. The molecule has 34 heavy (non-hydrogen) atoms. The van der Waals surface area contributed by atoms with Crippen molar-refractivity contribution in [2.75, 3.05) is 11.9 Å². The Balaban J connectivity index is 1.44. The van der Waals surface area contributed by atoms with Gasteiger partial charge in [-0.1, -0.05) is 11.6 Å². The van der Waals surface area contributed by atoms with Gasteiger partial charge >= 0.3 is 0 Å². The van der Waals surface area contributed by atoms with Crippen LogP contribution in [0.5, 0.6) is 11.5 Å².